The van der Waals surface area contributed by atoms with Gasteiger partial charge in [-0.3, -0.25) is 0 Å². The second kappa shape index (κ2) is 9.18. The van der Waals surface area contributed by atoms with Gasteiger partial charge in [0, 0.05) is 6.07 Å². The van der Waals surface area contributed by atoms with Crippen molar-refractivity contribution in [1.82, 2.24) is 15.0 Å². The number of aliphatic hydroxyl groups excluding tert-OH is 2. The van der Waals surface area contributed by atoms with Crippen LogP contribution in [0, 0.1) is 5.82 Å². The number of pyridine rings is 1. The van der Waals surface area contributed by atoms with Crippen molar-refractivity contribution in [3.8, 4) is 11.8 Å². The number of halogens is 2. The van der Waals surface area contributed by atoms with Gasteiger partial charge < -0.3 is 34.1 Å². The fourth-order valence-corrected chi connectivity index (χ4v) is 5.52. The average molecular weight is 506 g/mol. The molecule has 9 nitrogen and oxygen atoms in total. The van der Waals surface area contributed by atoms with Crippen LogP contribution in [-0.2, 0) is 22.3 Å². The molecule has 3 N–H and O–H groups in total. The van der Waals surface area contributed by atoms with Gasteiger partial charge >= 0.3 is 0 Å². The van der Waals surface area contributed by atoms with Gasteiger partial charge in [0.1, 0.15) is 36.5 Å². The summed E-state index contributed by atoms with van der Waals surface area (Å²) in [5.41, 5.74) is 3.29. The highest BCUT2D eigenvalue weighted by Crippen LogP contribution is 2.40. The van der Waals surface area contributed by atoms with Crippen molar-refractivity contribution in [2.45, 2.75) is 49.6 Å². The number of aliphatic hydroxyl groups is 2. The summed E-state index contributed by atoms with van der Waals surface area (Å²) >= 11 is 6.54. The first-order valence-electron chi connectivity index (χ1n) is 11.7. The van der Waals surface area contributed by atoms with E-state index in [9.17, 15) is 9.50 Å². The van der Waals surface area contributed by atoms with Gasteiger partial charge in [0.25, 0.3) is 6.01 Å². The predicted molar refractivity (Wildman–Crippen MR) is 123 cm³/mol. The largest absolute Gasteiger partial charge is 0.491 e. The van der Waals surface area contributed by atoms with E-state index < -0.39 is 18.3 Å². The number of nitrogens with zero attached hydrogens (tertiary/aromatic N) is 2. The normalized spacial score (nSPS) is 27.4. The molecule has 5 atom stereocenters. The van der Waals surface area contributed by atoms with Crippen LogP contribution in [0.3, 0.4) is 0 Å². The number of fused-ring (bicyclic) bond motifs is 3. The second-order valence-corrected chi connectivity index (χ2v) is 9.55. The zero-order chi connectivity index (χ0) is 24.1. The number of imidazole rings is 1. The summed E-state index contributed by atoms with van der Waals surface area (Å²) in [7, 11) is 0. The third-order valence-electron chi connectivity index (χ3n) is 6.88. The van der Waals surface area contributed by atoms with Crippen LogP contribution >= 0.6 is 11.6 Å². The topological polar surface area (TPSA) is 119 Å². The minimum Gasteiger partial charge on any atom is -0.491 e. The molecular formula is C24H25ClFN3O6. The maximum atomic E-state index is 14.9. The third-order valence-corrected chi connectivity index (χ3v) is 7.21. The molecule has 0 saturated carbocycles. The highest BCUT2D eigenvalue weighted by atomic mass is 35.5. The van der Waals surface area contributed by atoms with Gasteiger partial charge in [-0.2, -0.15) is 4.98 Å². The van der Waals surface area contributed by atoms with Crippen molar-refractivity contribution in [3.05, 3.63) is 45.9 Å². The molecule has 2 saturated heterocycles. The molecule has 2 aromatic heterocycles. The van der Waals surface area contributed by atoms with Gasteiger partial charge in [-0.05, 0) is 48.4 Å². The lowest BCUT2D eigenvalue weighted by molar-refractivity contribution is 0.00706. The van der Waals surface area contributed by atoms with Gasteiger partial charge in [-0.25, -0.2) is 9.37 Å². The molecule has 11 heteroatoms. The molecule has 35 heavy (non-hydrogen) atoms. The first kappa shape index (κ1) is 22.9. The zero-order valence-electron chi connectivity index (χ0n) is 18.7. The Labute approximate surface area is 205 Å². The first-order valence-corrected chi connectivity index (χ1v) is 12.1. The van der Waals surface area contributed by atoms with E-state index in [1.54, 1.807) is 6.07 Å². The smallest absolute Gasteiger partial charge is 0.296 e. The first-order chi connectivity index (χ1) is 17.0. The molecule has 0 radical (unpaired) electrons. The van der Waals surface area contributed by atoms with Crippen molar-refractivity contribution in [3.63, 3.8) is 0 Å². The Morgan fingerprint density at radius 2 is 2.03 bits per heavy atom. The molecular weight excluding hydrogens is 481 g/mol. The average Bonchev–Trinajstić information content (AvgIpc) is 3.59. The Morgan fingerprint density at radius 1 is 1.17 bits per heavy atom. The van der Waals surface area contributed by atoms with E-state index in [0.29, 0.717) is 46.2 Å². The van der Waals surface area contributed by atoms with E-state index >= 15 is 0 Å². The van der Waals surface area contributed by atoms with Crippen molar-refractivity contribution in [2.24, 2.45) is 0 Å². The molecule has 3 aromatic rings. The minimum atomic E-state index is -0.655. The van der Waals surface area contributed by atoms with Crippen molar-refractivity contribution < 1.29 is 33.6 Å². The van der Waals surface area contributed by atoms with E-state index in [-0.39, 0.29) is 43.7 Å². The molecule has 0 amide bonds. The monoisotopic (exact) mass is 505 g/mol. The predicted octanol–water partition coefficient (Wildman–Crippen LogP) is 2.30. The highest BCUT2D eigenvalue weighted by molar-refractivity contribution is 6.31. The lowest BCUT2D eigenvalue weighted by atomic mass is 9.95. The summed E-state index contributed by atoms with van der Waals surface area (Å²) in [4.78, 5) is 12.2. The van der Waals surface area contributed by atoms with E-state index in [1.807, 2.05) is 6.07 Å². The number of aromatic amines is 1. The Hall–Kier alpha value is -2.50. The molecule has 1 unspecified atom stereocenters. The Morgan fingerprint density at radius 3 is 2.89 bits per heavy atom. The number of aryl methyl sites for hydroxylation is 1. The highest BCUT2D eigenvalue weighted by Gasteiger charge is 2.48. The van der Waals surface area contributed by atoms with Crippen LogP contribution in [0.4, 0.5) is 4.39 Å². The third kappa shape index (κ3) is 4.23. The summed E-state index contributed by atoms with van der Waals surface area (Å²) in [6.45, 7) is 0.515. The van der Waals surface area contributed by atoms with E-state index in [0.717, 1.165) is 18.4 Å². The molecule has 0 bridgehead atoms. The van der Waals surface area contributed by atoms with E-state index in [4.69, 9.17) is 35.7 Å². The van der Waals surface area contributed by atoms with Gasteiger partial charge in [0.2, 0.25) is 0 Å². The second-order valence-electron chi connectivity index (χ2n) is 9.14. The van der Waals surface area contributed by atoms with Crippen LogP contribution in [0.1, 0.15) is 29.2 Å². The number of hydrogen-bond acceptors (Lipinski definition) is 8. The standard InChI is InChI=1S/C24H25ClFN3O6/c25-14-8-17-23(29-24(28-17)35-19-10-34-21-18(31)9-33-22(19)21)27-16(14)6-12-2-1-11-5-13(32-4-3-30)7-15(26)20(11)12/h5,7-8,12,18-19,21-22,30-31H,1-4,6,9-10H2,(H,27,28,29)/t12?,18-,19-,21-,22-/m1/s1. The molecule has 0 spiro atoms. The van der Waals surface area contributed by atoms with Crippen LogP contribution in [0.5, 0.6) is 11.8 Å². The maximum Gasteiger partial charge on any atom is 0.296 e. The Kier molecular flexibility index (Phi) is 6.01. The number of aromatic nitrogens is 3. The molecule has 1 aromatic carbocycles. The Balaban J connectivity index is 1.20. The minimum absolute atomic E-state index is 0.0625. The number of hydrogen-bond donors (Lipinski definition) is 3. The SMILES string of the molecule is OCCOc1cc(F)c2c(c1)CCC2Cc1nc2nc(O[C@@H]3CO[C@H]4[C@@H]3OC[C@H]4O)[nH]c2cc1Cl. The van der Waals surface area contributed by atoms with Gasteiger partial charge in [-0.15, -0.1) is 0 Å². The molecule has 6 rings (SSSR count). The van der Waals surface area contributed by atoms with Gasteiger partial charge in [0.15, 0.2) is 11.8 Å². The van der Waals surface area contributed by atoms with Crippen LogP contribution in [0.25, 0.3) is 11.2 Å². The summed E-state index contributed by atoms with van der Waals surface area (Å²) in [6.07, 6.45) is 0.194. The van der Waals surface area contributed by atoms with Crippen LogP contribution in [0.15, 0.2) is 18.2 Å². The summed E-state index contributed by atoms with van der Waals surface area (Å²) in [5.74, 6) is 0.0449. The van der Waals surface area contributed by atoms with Crippen molar-refractivity contribution in [2.75, 3.05) is 26.4 Å². The van der Waals surface area contributed by atoms with Crippen LogP contribution in [0.2, 0.25) is 5.02 Å². The Bertz CT molecular complexity index is 1260. The summed E-state index contributed by atoms with van der Waals surface area (Å²) in [5, 5.41) is 19.3. The quantitative estimate of drug-likeness (QED) is 0.447. The van der Waals surface area contributed by atoms with Crippen molar-refractivity contribution >= 4 is 22.8 Å². The molecule has 186 valence electrons. The number of ether oxygens (including phenoxy) is 4. The molecule has 1 aliphatic carbocycles. The van der Waals surface area contributed by atoms with E-state index in [2.05, 4.69) is 15.0 Å². The summed E-state index contributed by atoms with van der Waals surface area (Å²) < 4.78 is 37.5. The fourth-order valence-electron chi connectivity index (χ4n) is 5.29. The van der Waals surface area contributed by atoms with Crippen molar-refractivity contribution in [1.29, 1.82) is 0 Å². The number of nitrogens with one attached hydrogen (secondary N) is 1. The lowest BCUT2D eigenvalue weighted by Crippen LogP contribution is -2.34. The number of rotatable bonds is 7. The number of H-pyrrole nitrogens is 1. The molecule has 3 aliphatic rings. The van der Waals surface area contributed by atoms with Gasteiger partial charge in [-0.1, -0.05) is 11.6 Å². The lowest BCUT2D eigenvalue weighted by Gasteiger charge is -2.15. The molecule has 4 heterocycles. The van der Waals surface area contributed by atoms with Crippen LogP contribution < -0.4 is 9.47 Å². The number of benzene rings is 1. The fraction of sp³-hybridized carbons (Fsp3) is 0.500. The van der Waals surface area contributed by atoms with Crippen LogP contribution in [-0.4, -0.2) is 76.0 Å². The summed E-state index contributed by atoms with van der Waals surface area (Å²) in [6, 6.07) is 5.23. The molecule has 2 fully saturated rings. The van der Waals surface area contributed by atoms with E-state index in [1.165, 1.54) is 6.07 Å². The maximum absolute atomic E-state index is 14.9. The van der Waals surface area contributed by atoms with Gasteiger partial charge in [0.05, 0.1) is 36.1 Å². The molecule has 2 aliphatic heterocycles. The zero-order valence-corrected chi connectivity index (χ0v) is 19.5.